The number of anilines is 1. The Morgan fingerprint density at radius 3 is 2.37 bits per heavy atom. The van der Waals surface area contributed by atoms with Crippen LogP contribution in [0, 0.1) is 0 Å². The first-order valence-corrected chi connectivity index (χ1v) is 16.0. The standard InChI is InChI=1S/C38H28ClN3O3S/c1-24-34(36(43)41-29-13-6-3-7-14-29)35(27-11-4-2-5-12-27)42-37(44)33(46-38(42)40-24)22-31-30-15-9-8-10-26(30)18-21-32(31)45-23-25-16-19-28(39)20-17-25/h2-22,35H,23H2,1H3,(H,41,43)/b33-22-/t35-/m1/s1. The number of fused-ring (bicyclic) bond motifs is 2. The summed E-state index contributed by atoms with van der Waals surface area (Å²) < 4.78 is 8.46. The van der Waals surface area contributed by atoms with Crippen LogP contribution < -0.4 is 24.9 Å². The van der Waals surface area contributed by atoms with Crippen LogP contribution in [0.15, 0.2) is 142 Å². The largest absolute Gasteiger partial charge is 0.488 e. The monoisotopic (exact) mass is 641 g/mol. The number of hydrogen-bond acceptors (Lipinski definition) is 5. The van der Waals surface area contributed by atoms with Gasteiger partial charge in [-0.15, -0.1) is 0 Å². The maximum absolute atomic E-state index is 14.4. The van der Waals surface area contributed by atoms with E-state index in [1.807, 2.05) is 134 Å². The van der Waals surface area contributed by atoms with Gasteiger partial charge in [0.1, 0.15) is 12.4 Å². The molecule has 0 fully saturated rings. The predicted molar refractivity (Wildman–Crippen MR) is 185 cm³/mol. The Bertz CT molecular complexity index is 2290. The van der Waals surface area contributed by atoms with Crippen molar-refractivity contribution in [2.45, 2.75) is 19.6 Å². The number of para-hydroxylation sites is 1. The molecule has 0 aliphatic carbocycles. The molecule has 1 aromatic heterocycles. The number of carbonyl (C=O) groups is 1. The van der Waals surface area contributed by atoms with Gasteiger partial charge in [0.2, 0.25) is 0 Å². The fourth-order valence-electron chi connectivity index (χ4n) is 5.71. The third-order valence-electron chi connectivity index (χ3n) is 7.93. The minimum Gasteiger partial charge on any atom is -0.488 e. The van der Waals surface area contributed by atoms with Gasteiger partial charge in [-0.1, -0.05) is 114 Å². The molecule has 1 N–H and O–H groups in total. The summed E-state index contributed by atoms with van der Waals surface area (Å²) in [6, 6.07) is 37.7. The van der Waals surface area contributed by atoms with E-state index in [-0.39, 0.29) is 11.5 Å². The van der Waals surface area contributed by atoms with Gasteiger partial charge < -0.3 is 10.1 Å². The summed E-state index contributed by atoms with van der Waals surface area (Å²) in [5, 5.41) is 5.64. The quantitative estimate of drug-likeness (QED) is 0.199. The van der Waals surface area contributed by atoms with Crippen LogP contribution in [0.4, 0.5) is 5.69 Å². The van der Waals surface area contributed by atoms with E-state index in [4.69, 9.17) is 21.3 Å². The van der Waals surface area contributed by atoms with Gasteiger partial charge in [-0.25, -0.2) is 4.99 Å². The van der Waals surface area contributed by atoms with Gasteiger partial charge >= 0.3 is 0 Å². The average molecular weight is 642 g/mol. The highest BCUT2D eigenvalue weighted by atomic mass is 35.5. The van der Waals surface area contributed by atoms with E-state index in [1.54, 1.807) is 4.57 Å². The van der Waals surface area contributed by atoms with Crippen molar-refractivity contribution < 1.29 is 9.53 Å². The Labute approximate surface area is 274 Å². The highest BCUT2D eigenvalue weighted by Crippen LogP contribution is 2.32. The van der Waals surface area contributed by atoms with Crippen LogP contribution in [-0.2, 0) is 11.4 Å². The Kier molecular flexibility index (Phi) is 8.09. The molecule has 0 saturated carbocycles. The minimum atomic E-state index is -0.656. The van der Waals surface area contributed by atoms with Crippen molar-refractivity contribution in [3.63, 3.8) is 0 Å². The summed E-state index contributed by atoms with van der Waals surface area (Å²) in [7, 11) is 0. The molecule has 5 aromatic carbocycles. The topological polar surface area (TPSA) is 72.7 Å². The number of halogens is 1. The molecule has 6 nitrogen and oxygen atoms in total. The van der Waals surface area contributed by atoms with Crippen LogP contribution >= 0.6 is 22.9 Å². The zero-order chi connectivity index (χ0) is 31.6. The number of allylic oxidation sites excluding steroid dienone is 1. The number of ether oxygens (including phenoxy) is 1. The second-order valence-electron chi connectivity index (χ2n) is 10.9. The second kappa shape index (κ2) is 12.6. The third-order valence-corrected chi connectivity index (χ3v) is 9.16. The van der Waals surface area contributed by atoms with Crippen LogP contribution in [0.25, 0.3) is 16.8 Å². The molecule has 1 aliphatic rings. The number of hydrogen-bond donors (Lipinski definition) is 1. The van der Waals surface area contributed by atoms with E-state index in [9.17, 15) is 9.59 Å². The van der Waals surface area contributed by atoms with Gasteiger partial charge in [-0.2, -0.15) is 0 Å². The summed E-state index contributed by atoms with van der Waals surface area (Å²) in [6.45, 7) is 2.16. The number of nitrogens with one attached hydrogen (secondary N) is 1. The fourth-order valence-corrected chi connectivity index (χ4v) is 6.86. The number of carbonyl (C=O) groups excluding carboxylic acids is 1. The molecule has 226 valence electrons. The lowest BCUT2D eigenvalue weighted by molar-refractivity contribution is -0.113. The first-order valence-electron chi connectivity index (χ1n) is 14.8. The minimum absolute atomic E-state index is 0.230. The molecule has 0 bridgehead atoms. The molecular formula is C38H28ClN3O3S. The lowest BCUT2D eigenvalue weighted by atomic mass is 9.95. The molecule has 0 spiro atoms. The van der Waals surface area contributed by atoms with Crippen molar-refractivity contribution in [2.75, 3.05) is 5.32 Å². The molecular weight excluding hydrogens is 614 g/mol. The van der Waals surface area contributed by atoms with Gasteiger partial charge in [0.15, 0.2) is 4.80 Å². The molecule has 0 saturated heterocycles. The van der Waals surface area contributed by atoms with Crippen molar-refractivity contribution in [1.29, 1.82) is 0 Å². The van der Waals surface area contributed by atoms with Gasteiger partial charge in [-0.3, -0.25) is 14.2 Å². The van der Waals surface area contributed by atoms with E-state index in [1.165, 1.54) is 11.3 Å². The molecule has 0 radical (unpaired) electrons. The van der Waals surface area contributed by atoms with Gasteiger partial charge in [0.25, 0.3) is 11.5 Å². The molecule has 0 unspecified atom stereocenters. The van der Waals surface area contributed by atoms with Crippen molar-refractivity contribution in [3.05, 3.63) is 174 Å². The van der Waals surface area contributed by atoms with Crippen molar-refractivity contribution in [3.8, 4) is 5.75 Å². The van der Waals surface area contributed by atoms with E-state index in [0.717, 1.165) is 27.5 Å². The predicted octanol–water partition coefficient (Wildman–Crippen LogP) is 7.26. The highest BCUT2D eigenvalue weighted by molar-refractivity contribution is 7.07. The Balaban J connectivity index is 1.36. The zero-order valence-electron chi connectivity index (χ0n) is 24.8. The van der Waals surface area contributed by atoms with E-state index in [2.05, 4.69) is 5.32 Å². The number of benzene rings is 5. The van der Waals surface area contributed by atoms with Crippen LogP contribution in [-0.4, -0.2) is 10.5 Å². The maximum Gasteiger partial charge on any atom is 0.271 e. The third kappa shape index (κ3) is 5.78. The molecule has 8 heteroatoms. The van der Waals surface area contributed by atoms with Crippen LogP contribution in [0.2, 0.25) is 5.02 Å². The Morgan fingerprint density at radius 1 is 0.913 bits per heavy atom. The number of aromatic nitrogens is 1. The number of rotatable bonds is 7. The summed E-state index contributed by atoms with van der Waals surface area (Å²) >= 11 is 7.38. The molecule has 2 heterocycles. The summed E-state index contributed by atoms with van der Waals surface area (Å²) in [6.07, 6.45) is 1.88. The fraction of sp³-hybridized carbons (Fsp3) is 0.0789. The number of amides is 1. The first-order chi connectivity index (χ1) is 22.5. The Hall–Kier alpha value is -5.24. The number of thiazole rings is 1. The van der Waals surface area contributed by atoms with Crippen molar-refractivity contribution >= 4 is 51.4 Å². The summed E-state index contributed by atoms with van der Waals surface area (Å²) in [5.74, 6) is 0.348. The first kappa shape index (κ1) is 29.5. The maximum atomic E-state index is 14.4. The zero-order valence-corrected chi connectivity index (χ0v) is 26.4. The van der Waals surface area contributed by atoms with Crippen LogP contribution in [0.1, 0.15) is 29.7 Å². The van der Waals surface area contributed by atoms with Crippen LogP contribution in [0.3, 0.4) is 0 Å². The smallest absolute Gasteiger partial charge is 0.271 e. The van der Waals surface area contributed by atoms with Gasteiger partial charge in [0, 0.05) is 16.3 Å². The van der Waals surface area contributed by atoms with E-state index < -0.39 is 6.04 Å². The van der Waals surface area contributed by atoms with Crippen molar-refractivity contribution in [1.82, 2.24) is 4.57 Å². The van der Waals surface area contributed by atoms with Gasteiger partial charge in [-0.05, 0) is 65.2 Å². The molecule has 7 rings (SSSR count). The lowest BCUT2D eigenvalue weighted by Crippen LogP contribution is -2.40. The van der Waals surface area contributed by atoms with Crippen LogP contribution in [0.5, 0.6) is 5.75 Å². The molecule has 46 heavy (non-hydrogen) atoms. The molecule has 6 aromatic rings. The number of nitrogens with zero attached hydrogens (tertiary/aromatic N) is 2. The SMILES string of the molecule is CC1=C(C(=O)Nc2ccccc2)[C@@H](c2ccccc2)n2c(s/c(=C\c3c(OCc4ccc(Cl)cc4)ccc4ccccc34)c2=O)=N1. The molecule has 1 amide bonds. The average Bonchev–Trinajstić information content (AvgIpc) is 3.38. The highest BCUT2D eigenvalue weighted by Gasteiger charge is 2.32. The van der Waals surface area contributed by atoms with Crippen molar-refractivity contribution in [2.24, 2.45) is 4.99 Å². The summed E-state index contributed by atoms with van der Waals surface area (Å²) in [4.78, 5) is 33.5. The Morgan fingerprint density at radius 2 is 1.61 bits per heavy atom. The van der Waals surface area contributed by atoms with E-state index >= 15 is 0 Å². The van der Waals surface area contributed by atoms with Gasteiger partial charge in [0.05, 0.1) is 21.8 Å². The lowest BCUT2D eigenvalue weighted by Gasteiger charge is -2.25. The summed E-state index contributed by atoms with van der Waals surface area (Å²) in [5.41, 5.74) is 4.01. The molecule has 1 atom stereocenters. The van der Waals surface area contributed by atoms with E-state index in [0.29, 0.717) is 43.7 Å². The normalized spacial score (nSPS) is 14.6. The molecule has 1 aliphatic heterocycles. The second-order valence-corrected chi connectivity index (χ2v) is 12.4.